The SMILES string of the molecule is Cc1cc(NC(=O)c2csc(CCc3ccccc3)n2)cn(C)c1=O. The van der Waals surface area contributed by atoms with E-state index in [1.54, 1.807) is 31.6 Å². The van der Waals surface area contributed by atoms with Crippen molar-refractivity contribution in [3.8, 4) is 0 Å². The van der Waals surface area contributed by atoms with Gasteiger partial charge in [0.05, 0.1) is 10.7 Å². The van der Waals surface area contributed by atoms with Crippen molar-refractivity contribution in [2.45, 2.75) is 19.8 Å². The smallest absolute Gasteiger partial charge is 0.275 e. The molecule has 0 unspecified atom stereocenters. The van der Waals surface area contributed by atoms with E-state index in [1.165, 1.54) is 21.5 Å². The Bertz CT molecular complexity index is 919. The summed E-state index contributed by atoms with van der Waals surface area (Å²) in [5.74, 6) is -0.264. The molecule has 0 aliphatic heterocycles. The number of hydrogen-bond donors (Lipinski definition) is 1. The summed E-state index contributed by atoms with van der Waals surface area (Å²) in [6, 6.07) is 11.9. The molecular formula is C19H19N3O2S. The van der Waals surface area contributed by atoms with Crippen molar-refractivity contribution >= 4 is 22.9 Å². The molecule has 2 heterocycles. The van der Waals surface area contributed by atoms with Crippen LogP contribution >= 0.6 is 11.3 Å². The van der Waals surface area contributed by atoms with E-state index in [0.717, 1.165) is 17.8 Å². The maximum atomic E-state index is 12.4. The van der Waals surface area contributed by atoms with Gasteiger partial charge in [-0.2, -0.15) is 0 Å². The minimum absolute atomic E-state index is 0.0742. The van der Waals surface area contributed by atoms with E-state index in [1.807, 2.05) is 18.2 Å². The van der Waals surface area contributed by atoms with E-state index in [-0.39, 0.29) is 11.5 Å². The Labute approximate surface area is 150 Å². The molecule has 1 N–H and O–H groups in total. The van der Waals surface area contributed by atoms with Crippen LogP contribution in [0.25, 0.3) is 0 Å². The van der Waals surface area contributed by atoms with Crippen LogP contribution in [0.5, 0.6) is 0 Å². The fourth-order valence-electron chi connectivity index (χ4n) is 2.57. The highest BCUT2D eigenvalue weighted by molar-refractivity contribution is 7.09. The number of aromatic nitrogens is 2. The molecule has 0 atom stereocenters. The van der Waals surface area contributed by atoms with Crippen molar-refractivity contribution in [3.63, 3.8) is 0 Å². The van der Waals surface area contributed by atoms with Gasteiger partial charge in [0.25, 0.3) is 11.5 Å². The summed E-state index contributed by atoms with van der Waals surface area (Å²) in [7, 11) is 1.66. The van der Waals surface area contributed by atoms with E-state index >= 15 is 0 Å². The van der Waals surface area contributed by atoms with Crippen LogP contribution in [0.2, 0.25) is 0 Å². The Kier molecular flexibility index (Phi) is 5.09. The lowest BCUT2D eigenvalue weighted by Crippen LogP contribution is -2.21. The number of aryl methyl sites for hydroxylation is 4. The Balaban J connectivity index is 1.65. The molecule has 0 saturated carbocycles. The molecule has 0 bridgehead atoms. The van der Waals surface area contributed by atoms with Crippen molar-refractivity contribution in [2.75, 3.05) is 5.32 Å². The van der Waals surface area contributed by atoms with Crippen LogP contribution in [0.4, 0.5) is 5.69 Å². The molecule has 0 spiro atoms. The van der Waals surface area contributed by atoms with E-state index in [4.69, 9.17) is 0 Å². The summed E-state index contributed by atoms with van der Waals surface area (Å²) in [6.07, 6.45) is 3.31. The van der Waals surface area contributed by atoms with Crippen LogP contribution in [0, 0.1) is 6.92 Å². The van der Waals surface area contributed by atoms with Gasteiger partial charge in [-0.25, -0.2) is 4.98 Å². The number of carbonyl (C=O) groups is 1. The summed E-state index contributed by atoms with van der Waals surface area (Å²) in [4.78, 5) is 28.5. The molecule has 3 aromatic rings. The lowest BCUT2D eigenvalue weighted by Gasteiger charge is -2.06. The zero-order chi connectivity index (χ0) is 17.8. The topological polar surface area (TPSA) is 64.0 Å². The lowest BCUT2D eigenvalue weighted by atomic mass is 10.1. The number of amides is 1. The highest BCUT2D eigenvalue weighted by Gasteiger charge is 2.12. The molecule has 0 radical (unpaired) electrons. The van der Waals surface area contributed by atoms with Crippen molar-refractivity contribution in [1.82, 2.24) is 9.55 Å². The normalized spacial score (nSPS) is 10.6. The molecule has 25 heavy (non-hydrogen) atoms. The van der Waals surface area contributed by atoms with Gasteiger partial charge in [-0.15, -0.1) is 11.3 Å². The number of thiazole rings is 1. The maximum Gasteiger partial charge on any atom is 0.275 e. The van der Waals surface area contributed by atoms with Gasteiger partial charge < -0.3 is 9.88 Å². The van der Waals surface area contributed by atoms with Gasteiger partial charge >= 0.3 is 0 Å². The molecule has 2 aromatic heterocycles. The molecule has 128 valence electrons. The zero-order valence-corrected chi connectivity index (χ0v) is 15.0. The number of carbonyl (C=O) groups excluding carboxylic acids is 1. The van der Waals surface area contributed by atoms with Crippen LogP contribution in [0.15, 0.2) is 52.8 Å². The third-order valence-electron chi connectivity index (χ3n) is 3.88. The standard InChI is InChI=1S/C19H19N3O2S/c1-13-10-15(11-22(2)19(13)24)20-18(23)16-12-25-17(21-16)9-8-14-6-4-3-5-7-14/h3-7,10-12H,8-9H2,1-2H3,(H,20,23). The molecule has 1 aromatic carbocycles. The largest absolute Gasteiger partial charge is 0.319 e. The molecule has 0 aliphatic rings. The second kappa shape index (κ2) is 7.44. The number of rotatable bonds is 5. The minimum atomic E-state index is -0.264. The fraction of sp³-hybridized carbons (Fsp3) is 0.211. The van der Waals surface area contributed by atoms with Crippen molar-refractivity contribution in [2.24, 2.45) is 7.05 Å². The number of nitrogens with zero attached hydrogens (tertiary/aromatic N) is 2. The molecular weight excluding hydrogens is 334 g/mol. The van der Waals surface area contributed by atoms with Crippen molar-refractivity contribution < 1.29 is 4.79 Å². The van der Waals surface area contributed by atoms with Gasteiger partial charge in [0.15, 0.2) is 0 Å². The Morgan fingerprint density at radius 1 is 1.24 bits per heavy atom. The molecule has 0 aliphatic carbocycles. The lowest BCUT2D eigenvalue weighted by molar-refractivity contribution is 0.102. The Hall–Kier alpha value is -2.73. The monoisotopic (exact) mass is 353 g/mol. The van der Waals surface area contributed by atoms with Crippen LogP contribution in [-0.4, -0.2) is 15.5 Å². The van der Waals surface area contributed by atoms with Crippen LogP contribution in [-0.2, 0) is 19.9 Å². The minimum Gasteiger partial charge on any atom is -0.319 e. The third kappa shape index (κ3) is 4.22. The van der Waals surface area contributed by atoms with Gasteiger partial charge in [-0.1, -0.05) is 30.3 Å². The van der Waals surface area contributed by atoms with Gasteiger partial charge in [-0.3, -0.25) is 9.59 Å². The first-order chi connectivity index (χ1) is 12.0. The summed E-state index contributed by atoms with van der Waals surface area (Å²) in [6.45, 7) is 1.72. The van der Waals surface area contributed by atoms with Gasteiger partial charge in [0.2, 0.25) is 0 Å². The summed E-state index contributed by atoms with van der Waals surface area (Å²) < 4.78 is 1.46. The molecule has 5 nitrogen and oxygen atoms in total. The first-order valence-corrected chi connectivity index (χ1v) is 8.88. The first kappa shape index (κ1) is 17.1. The number of nitrogens with one attached hydrogen (secondary N) is 1. The summed E-state index contributed by atoms with van der Waals surface area (Å²) >= 11 is 1.49. The molecule has 1 amide bonds. The Morgan fingerprint density at radius 3 is 2.72 bits per heavy atom. The highest BCUT2D eigenvalue weighted by Crippen LogP contribution is 2.15. The quantitative estimate of drug-likeness (QED) is 0.766. The molecule has 6 heteroatoms. The van der Waals surface area contributed by atoms with Crippen LogP contribution in [0.3, 0.4) is 0 Å². The van der Waals surface area contributed by atoms with E-state index < -0.39 is 0 Å². The maximum absolute atomic E-state index is 12.4. The second-order valence-corrected chi connectivity index (χ2v) is 6.84. The zero-order valence-electron chi connectivity index (χ0n) is 14.2. The molecule has 3 rings (SSSR count). The van der Waals surface area contributed by atoms with Crippen LogP contribution < -0.4 is 10.9 Å². The number of benzene rings is 1. The fourth-order valence-corrected chi connectivity index (χ4v) is 3.35. The van der Waals surface area contributed by atoms with Gasteiger partial charge in [0.1, 0.15) is 5.69 Å². The number of hydrogen-bond acceptors (Lipinski definition) is 4. The number of anilines is 1. The van der Waals surface area contributed by atoms with E-state index in [0.29, 0.717) is 16.9 Å². The average Bonchev–Trinajstić information content (AvgIpc) is 3.08. The predicted octanol–water partition coefficient (Wildman–Crippen LogP) is 3.19. The molecule has 0 saturated heterocycles. The summed E-state index contributed by atoms with van der Waals surface area (Å²) in [5, 5.41) is 5.50. The predicted molar refractivity (Wildman–Crippen MR) is 100 cm³/mol. The first-order valence-electron chi connectivity index (χ1n) is 8.00. The summed E-state index contributed by atoms with van der Waals surface area (Å²) in [5.41, 5.74) is 2.75. The second-order valence-electron chi connectivity index (χ2n) is 5.89. The van der Waals surface area contributed by atoms with Crippen LogP contribution in [0.1, 0.15) is 26.6 Å². The van der Waals surface area contributed by atoms with Gasteiger partial charge in [0, 0.05) is 30.6 Å². The third-order valence-corrected chi connectivity index (χ3v) is 4.78. The Morgan fingerprint density at radius 2 is 2.00 bits per heavy atom. The average molecular weight is 353 g/mol. The number of pyridine rings is 1. The van der Waals surface area contributed by atoms with Crippen molar-refractivity contribution in [1.29, 1.82) is 0 Å². The van der Waals surface area contributed by atoms with Gasteiger partial charge in [-0.05, 0) is 25.0 Å². The van der Waals surface area contributed by atoms with E-state index in [2.05, 4.69) is 22.4 Å². The molecule has 0 fully saturated rings. The van der Waals surface area contributed by atoms with Crippen molar-refractivity contribution in [3.05, 3.63) is 80.2 Å². The van der Waals surface area contributed by atoms with E-state index in [9.17, 15) is 9.59 Å². The highest BCUT2D eigenvalue weighted by atomic mass is 32.1.